The number of carbonyl (C=O) groups is 1. The van der Waals surface area contributed by atoms with Gasteiger partial charge in [0.2, 0.25) is 0 Å². The van der Waals surface area contributed by atoms with E-state index in [0.29, 0.717) is 12.0 Å². The van der Waals surface area contributed by atoms with Crippen molar-refractivity contribution >= 4 is 5.97 Å². The summed E-state index contributed by atoms with van der Waals surface area (Å²) >= 11 is 0. The van der Waals surface area contributed by atoms with E-state index < -0.39 is 5.97 Å². The van der Waals surface area contributed by atoms with Crippen molar-refractivity contribution in [2.24, 2.45) is 0 Å². The zero-order chi connectivity index (χ0) is 17.5. The molecule has 3 nitrogen and oxygen atoms in total. The topological polar surface area (TPSA) is 46.5 Å². The molecular weight excluding hydrogens is 312 g/mol. The highest BCUT2D eigenvalue weighted by Crippen LogP contribution is 2.36. The van der Waals surface area contributed by atoms with E-state index in [4.69, 9.17) is 9.84 Å². The molecule has 1 fully saturated rings. The van der Waals surface area contributed by atoms with Gasteiger partial charge in [-0.25, -0.2) is 0 Å². The number of hydrogen-bond donors (Lipinski definition) is 1. The van der Waals surface area contributed by atoms with Crippen LogP contribution < -0.4 is 4.74 Å². The van der Waals surface area contributed by atoms with Gasteiger partial charge in [0.1, 0.15) is 5.75 Å². The summed E-state index contributed by atoms with van der Waals surface area (Å²) < 4.78 is 6.09. The molecule has 0 bridgehead atoms. The molecule has 0 aliphatic heterocycles. The second kappa shape index (κ2) is 8.70. The van der Waals surface area contributed by atoms with Gasteiger partial charge in [0.05, 0.1) is 6.10 Å². The Bertz CT molecular complexity index is 663. The van der Waals surface area contributed by atoms with E-state index in [1.165, 1.54) is 17.5 Å². The lowest BCUT2D eigenvalue weighted by atomic mass is 9.95. The van der Waals surface area contributed by atoms with Crippen LogP contribution in [0.5, 0.6) is 5.75 Å². The number of ether oxygens (including phenoxy) is 1. The van der Waals surface area contributed by atoms with Crippen LogP contribution >= 0.6 is 0 Å². The Balaban J connectivity index is 1.47. The van der Waals surface area contributed by atoms with E-state index in [-0.39, 0.29) is 6.42 Å². The van der Waals surface area contributed by atoms with Crippen LogP contribution in [-0.4, -0.2) is 17.2 Å². The maximum absolute atomic E-state index is 10.5. The molecule has 2 aromatic rings. The van der Waals surface area contributed by atoms with Crippen molar-refractivity contribution in [3.8, 4) is 5.75 Å². The van der Waals surface area contributed by atoms with Crippen LogP contribution in [0.2, 0.25) is 0 Å². The first-order valence-corrected chi connectivity index (χ1v) is 9.23. The van der Waals surface area contributed by atoms with E-state index >= 15 is 0 Å². The summed E-state index contributed by atoms with van der Waals surface area (Å²) in [6.07, 6.45) is 6.57. The van der Waals surface area contributed by atoms with Crippen LogP contribution in [0.1, 0.15) is 55.6 Å². The minimum Gasteiger partial charge on any atom is -0.490 e. The molecular formula is C22H26O3. The smallest absolute Gasteiger partial charge is 0.303 e. The molecule has 0 heterocycles. The van der Waals surface area contributed by atoms with Crippen molar-refractivity contribution in [3.05, 3.63) is 65.7 Å². The Hall–Kier alpha value is -2.29. The second-order valence-electron chi connectivity index (χ2n) is 6.91. The van der Waals surface area contributed by atoms with Crippen LogP contribution in [0.15, 0.2) is 54.6 Å². The molecule has 1 N–H and O–H groups in total. The minimum atomic E-state index is -0.705. The van der Waals surface area contributed by atoms with Crippen LogP contribution in [0.4, 0.5) is 0 Å². The molecule has 3 heteroatoms. The standard InChI is InChI=1S/C22H26O3/c23-22(24)9-5-4-6-17-10-12-18(13-11-17)19-14-15-21(16-19)25-20-7-2-1-3-8-20/h1-3,7-8,10-13,19,21H,4-6,9,14-16H2,(H,23,24)/t19?,21-/m1/s1. The van der Waals surface area contributed by atoms with Gasteiger partial charge in [-0.05, 0) is 67.7 Å². The van der Waals surface area contributed by atoms with Crippen molar-refractivity contribution in [2.45, 2.75) is 57.0 Å². The Morgan fingerprint density at radius 2 is 1.76 bits per heavy atom. The molecule has 0 amide bonds. The van der Waals surface area contributed by atoms with Gasteiger partial charge < -0.3 is 9.84 Å². The predicted molar refractivity (Wildman–Crippen MR) is 99.1 cm³/mol. The molecule has 2 atom stereocenters. The number of unbranched alkanes of at least 4 members (excludes halogenated alkanes) is 1. The quantitative estimate of drug-likeness (QED) is 0.673. The highest BCUT2D eigenvalue weighted by atomic mass is 16.5. The van der Waals surface area contributed by atoms with Gasteiger partial charge in [0.25, 0.3) is 0 Å². The Kier molecular flexibility index (Phi) is 6.10. The first kappa shape index (κ1) is 17.5. The molecule has 132 valence electrons. The molecule has 1 aliphatic rings. The van der Waals surface area contributed by atoms with E-state index in [1.54, 1.807) is 0 Å². The first-order valence-electron chi connectivity index (χ1n) is 9.23. The molecule has 2 aromatic carbocycles. The third kappa shape index (κ3) is 5.35. The van der Waals surface area contributed by atoms with Gasteiger partial charge in [0.15, 0.2) is 0 Å². The van der Waals surface area contributed by atoms with E-state index in [1.807, 2.05) is 30.3 Å². The molecule has 3 rings (SSSR count). The van der Waals surface area contributed by atoms with Gasteiger partial charge in [-0.2, -0.15) is 0 Å². The maximum atomic E-state index is 10.5. The predicted octanol–water partition coefficient (Wildman–Crippen LogP) is 5.20. The van der Waals surface area contributed by atoms with Crippen molar-refractivity contribution in [2.75, 3.05) is 0 Å². The zero-order valence-electron chi connectivity index (χ0n) is 14.6. The van der Waals surface area contributed by atoms with Crippen LogP contribution in [0.3, 0.4) is 0 Å². The average Bonchev–Trinajstić information content (AvgIpc) is 3.08. The second-order valence-corrected chi connectivity index (χ2v) is 6.91. The van der Waals surface area contributed by atoms with Crippen molar-refractivity contribution in [1.29, 1.82) is 0 Å². The highest BCUT2D eigenvalue weighted by Gasteiger charge is 2.27. The van der Waals surface area contributed by atoms with Gasteiger partial charge in [-0.15, -0.1) is 0 Å². The summed E-state index contributed by atoms with van der Waals surface area (Å²) in [6, 6.07) is 18.9. The maximum Gasteiger partial charge on any atom is 0.303 e. The molecule has 1 aliphatic carbocycles. The number of aliphatic carboxylic acids is 1. The monoisotopic (exact) mass is 338 g/mol. The molecule has 1 unspecified atom stereocenters. The van der Waals surface area contributed by atoms with Gasteiger partial charge >= 0.3 is 5.97 Å². The van der Waals surface area contributed by atoms with Gasteiger partial charge in [-0.3, -0.25) is 4.79 Å². The van der Waals surface area contributed by atoms with Crippen molar-refractivity contribution in [1.82, 2.24) is 0 Å². The molecule has 25 heavy (non-hydrogen) atoms. The Morgan fingerprint density at radius 1 is 1.00 bits per heavy atom. The summed E-state index contributed by atoms with van der Waals surface area (Å²) in [5.74, 6) is 0.837. The lowest BCUT2D eigenvalue weighted by Crippen LogP contribution is -2.11. The third-order valence-corrected chi connectivity index (χ3v) is 4.99. The SMILES string of the molecule is O=C(O)CCCCc1ccc(C2CC[C@@H](Oc3ccccc3)C2)cc1. The van der Waals surface area contributed by atoms with Crippen molar-refractivity contribution < 1.29 is 14.6 Å². The number of benzene rings is 2. The average molecular weight is 338 g/mol. The van der Waals surface area contributed by atoms with Gasteiger partial charge in [0, 0.05) is 6.42 Å². The summed E-state index contributed by atoms with van der Waals surface area (Å²) in [6.45, 7) is 0. The summed E-state index contributed by atoms with van der Waals surface area (Å²) in [5, 5.41) is 8.67. The fraction of sp³-hybridized carbons (Fsp3) is 0.409. The Labute approximate surface area is 149 Å². The number of carboxylic acids is 1. The fourth-order valence-corrected chi connectivity index (χ4v) is 3.60. The number of carboxylic acid groups (broad SMARTS) is 1. The highest BCUT2D eigenvalue weighted by molar-refractivity contribution is 5.66. The minimum absolute atomic E-state index is 0.267. The molecule has 0 radical (unpaired) electrons. The largest absolute Gasteiger partial charge is 0.490 e. The van der Waals surface area contributed by atoms with Crippen LogP contribution in [0, 0.1) is 0 Å². The normalized spacial score (nSPS) is 19.7. The van der Waals surface area contributed by atoms with Crippen LogP contribution in [0.25, 0.3) is 0 Å². The zero-order valence-corrected chi connectivity index (χ0v) is 14.6. The molecule has 0 saturated heterocycles. The van der Waals surface area contributed by atoms with Crippen molar-refractivity contribution in [3.63, 3.8) is 0 Å². The lowest BCUT2D eigenvalue weighted by molar-refractivity contribution is -0.137. The molecule has 1 saturated carbocycles. The number of para-hydroxylation sites is 1. The van der Waals surface area contributed by atoms with E-state index in [9.17, 15) is 4.79 Å². The molecule has 0 spiro atoms. The molecule has 0 aromatic heterocycles. The summed E-state index contributed by atoms with van der Waals surface area (Å²) in [4.78, 5) is 10.5. The fourth-order valence-electron chi connectivity index (χ4n) is 3.60. The first-order chi connectivity index (χ1) is 12.2. The Morgan fingerprint density at radius 3 is 2.48 bits per heavy atom. The summed E-state index contributed by atoms with van der Waals surface area (Å²) in [7, 11) is 0. The van der Waals surface area contributed by atoms with Gasteiger partial charge in [-0.1, -0.05) is 42.5 Å². The van der Waals surface area contributed by atoms with Crippen LogP contribution in [-0.2, 0) is 11.2 Å². The van der Waals surface area contributed by atoms with E-state index in [0.717, 1.165) is 37.9 Å². The third-order valence-electron chi connectivity index (χ3n) is 4.99. The number of rotatable bonds is 8. The number of aryl methyl sites for hydroxylation is 1. The van der Waals surface area contributed by atoms with E-state index in [2.05, 4.69) is 24.3 Å². The number of hydrogen-bond acceptors (Lipinski definition) is 2. The lowest BCUT2D eigenvalue weighted by Gasteiger charge is -2.14. The summed E-state index contributed by atoms with van der Waals surface area (Å²) in [5.41, 5.74) is 2.69.